The molecule has 18 heavy (non-hydrogen) atoms. The summed E-state index contributed by atoms with van der Waals surface area (Å²) in [4.78, 5) is 8.24. The summed E-state index contributed by atoms with van der Waals surface area (Å²) in [7, 11) is 0. The van der Waals surface area contributed by atoms with Gasteiger partial charge in [0.2, 0.25) is 5.95 Å². The lowest BCUT2D eigenvalue weighted by Gasteiger charge is -2.08. The second-order valence-electron chi connectivity index (χ2n) is 4.20. The Balaban J connectivity index is 2.20. The Labute approximate surface area is 102 Å². The van der Waals surface area contributed by atoms with E-state index >= 15 is 0 Å². The van der Waals surface area contributed by atoms with E-state index in [2.05, 4.69) is 9.97 Å². The zero-order valence-electron chi connectivity index (χ0n) is 9.83. The number of aryl methyl sites for hydroxylation is 2. The molecule has 0 fully saturated rings. The molecule has 0 spiro atoms. The number of imidazole rings is 1. The second-order valence-corrected chi connectivity index (χ2v) is 4.20. The molecular weight excluding hydrogens is 245 g/mol. The largest absolute Gasteiger partial charge is 0.389 e. The summed E-state index contributed by atoms with van der Waals surface area (Å²) < 4.78 is 37.8. The zero-order valence-corrected chi connectivity index (χ0v) is 9.83. The lowest BCUT2D eigenvalue weighted by Crippen LogP contribution is -2.10. The van der Waals surface area contributed by atoms with Gasteiger partial charge in [-0.05, 0) is 25.0 Å². The predicted octanol–water partition coefficient (Wildman–Crippen LogP) is 2.66. The minimum absolute atomic E-state index is 0.0330. The molecule has 4 nitrogen and oxygen atoms in total. The molecule has 0 saturated carbocycles. The van der Waals surface area contributed by atoms with Crippen molar-refractivity contribution in [2.45, 2.75) is 32.5 Å². The fourth-order valence-electron chi connectivity index (χ4n) is 1.79. The van der Waals surface area contributed by atoms with Crippen molar-refractivity contribution in [1.82, 2.24) is 14.5 Å². The molecule has 98 valence electrons. The average molecular weight is 258 g/mol. The fraction of sp³-hybridized carbons (Fsp3) is 0.455. The highest BCUT2D eigenvalue weighted by Crippen LogP contribution is 2.23. The molecule has 0 bridgehead atoms. The smallest absolute Gasteiger partial charge is 0.369 e. The van der Waals surface area contributed by atoms with E-state index in [-0.39, 0.29) is 18.9 Å². The molecule has 2 aromatic rings. The first kappa shape index (κ1) is 12.7. The van der Waals surface area contributed by atoms with Gasteiger partial charge in [-0.15, -0.1) is 0 Å². The number of alkyl halides is 3. The SMILES string of the molecule is Cc1cnc2c(c1)nc(N)n2CCCC(F)(F)F. The number of nitrogens with two attached hydrogens (primary N) is 1. The van der Waals surface area contributed by atoms with E-state index in [4.69, 9.17) is 5.73 Å². The van der Waals surface area contributed by atoms with E-state index in [1.54, 1.807) is 12.3 Å². The Morgan fingerprint density at radius 3 is 2.78 bits per heavy atom. The molecule has 0 atom stereocenters. The molecule has 0 unspecified atom stereocenters. The Bertz CT molecular complexity index is 559. The quantitative estimate of drug-likeness (QED) is 0.920. The van der Waals surface area contributed by atoms with Crippen LogP contribution in [0, 0.1) is 6.92 Å². The Morgan fingerprint density at radius 1 is 1.39 bits per heavy atom. The molecule has 2 heterocycles. The van der Waals surface area contributed by atoms with Gasteiger partial charge in [0.25, 0.3) is 0 Å². The van der Waals surface area contributed by atoms with E-state index in [0.29, 0.717) is 11.2 Å². The van der Waals surface area contributed by atoms with Crippen LogP contribution in [-0.2, 0) is 6.54 Å². The summed E-state index contributed by atoms with van der Waals surface area (Å²) >= 11 is 0. The first-order valence-corrected chi connectivity index (χ1v) is 5.52. The summed E-state index contributed by atoms with van der Waals surface area (Å²) in [5, 5.41) is 0. The number of anilines is 1. The van der Waals surface area contributed by atoms with Gasteiger partial charge in [-0.25, -0.2) is 9.97 Å². The molecule has 0 saturated heterocycles. The fourth-order valence-corrected chi connectivity index (χ4v) is 1.79. The van der Waals surface area contributed by atoms with Crippen LogP contribution in [0.3, 0.4) is 0 Å². The van der Waals surface area contributed by atoms with E-state index in [1.807, 2.05) is 6.92 Å². The van der Waals surface area contributed by atoms with E-state index in [9.17, 15) is 13.2 Å². The molecule has 0 aliphatic heterocycles. The van der Waals surface area contributed by atoms with Crippen LogP contribution in [0.5, 0.6) is 0 Å². The van der Waals surface area contributed by atoms with Crippen molar-refractivity contribution in [3.8, 4) is 0 Å². The lowest BCUT2D eigenvalue weighted by molar-refractivity contribution is -0.135. The van der Waals surface area contributed by atoms with Gasteiger partial charge in [-0.2, -0.15) is 13.2 Å². The predicted molar refractivity (Wildman–Crippen MR) is 62.0 cm³/mol. The first-order valence-electron chi connectivity index (χ1n) is 5.52. The van der Waals surface area contributed by atoms with E-state index < -0.39 is 12.6 Å². The normalized spacial score (nSPS) is 12.2. The zero-order chi connectivity index (χ0) is 13.3. The van der Waals surface area contributed by atoms with Crippen LogP contribution in [0.25, 0.3) is 11.2 Å². The third-order valence-electron chi connectivity index (χ3n) is 2.59. The number of fused-ring (bicyclic) bond motifs is 1. The lowest BCUT2D eigenvalue weighted by atomic mass is 10.3. The Morgan fingerprint density at radius 2 is 2.11 bits per heavy atom. The van der Waals surface area contributed by atoms with Crippen LogP contribution in [0.1, 0.15) is 18.4 Å². The Hall–Kier alpha value is -1.79. The molecule has 2 aromatic heterocycles. The number of rotatable bonds is 3. The number of hydrogen-bond acceptors (Lipinski definition) is 3. The van der Waals surface area contributed by atoms with Crippen LogP contribution in [-0.4, -0.2) is 20.7 Å². The van der Waals surface area contributed by atoms with Crippen molar-refractivity contribution in [3.05, 3.63) is 17.8 Å². The molecule has 2 rings (SSSR count). The van der Waals surface area contributed by atoms with Crippen molar-refractivity contribution >= 4 is 17.1 Å². The van der Waals surface area contributed by atoms with Crippen LogP contribution < -0.4 is 5.73 Å². The van der Waals surface area contributed by atoms with Gasteiger partial charge >= 0.3 is 6.18 Å². The third-order valence-corrected chi connectivity index (χ3v) is 2.59. The third kappa shape index (κ3) is 2.72. The van der Waals surface area contributed by atoms with Crippen molar-refractivity contribution in [3.63, 3.8) is 0 Å². The number of nitrogen functional groups attached to an aromatic ring is 1. The first-order chi connectivity index (χ1) is 8.37. The van der Waals surface area contributed by atoms with Gasteiger partial charge in [-0.3, -0.25) is 4.57 Å². The average Bonchev–Trinajstić information content (AvgIpc) is 2.52. The highest BCUT2D eigenvalue weighted by atomic mass is 19.4. The monoisotopic (exact) mass is 258 g/mol. The van der Waals surface area contributed by atoms with Gasteiger partial charge in [0, 0.05) is 19.2 Å². The maximum Gasteiger partial charge on any atom is 0.389 e. The minimum atomic E-state index is -4.14. The highest BCUT2D eigenvalue weighted by Gasteiger charge is 2.26. The minimum Gasteiger partial charge on any atom is -0.369 e. The molecule has 0 aliphatic carbocycles. The summed E-state index contributed by atoms with van der Waals surface area (Å²) in [5.74, 6) is 0.199. The molecule has 7 heteroatoms. The Kier molecular flexibility index (Phi) is 3.14. The van der Waals surface area contributed by atoms with Crippen molar-refractivity contribution in [2.75, 3.05) is 5.73 Å². The van der Waals surface area contributed by atoms with Gasteiger partial charge in [-0.1, -0.05) is 0 Å². The molecule has 2 N–H and O–H groups in total. The van der Waals surface area contributed by atoms with Crippen molar-refractivity contribution in [1.29, 1.82) is 0 Å². The summed E-state index contributed by atoms with van der Waals surface area (Å²) in [6.45, 7) is 2.03. The van der Waals surface area contributed by atoms with Gasteiger partial charge < -0.3 is 5.73 Å². The maximum absolute atomic E-state index is 12.1. The topological polar surface area (TPSA) is 56.7 Å². The van der Waals surface area contributed by atoms with Gasteiger partial charge in [0.1, 0.15) is 5.52 Å². The van der Waals surface area contributed by atoms with Crippen LogP contribution in [0.15, 0.2) is 12.3 Å². The summed E-state index contributed by atoms with van der Waals surface area (Å²) in [5.41, 5.74) is 7.76. The van der Waals surface area contributed by atoms with Crippen LogP contribution >= 0.6 is 0 Å². The maximum atomic E-state index is 12.1. The van der Waals surface area contributed by atoms with Gasteiger partial charge in [0.05, 0.1) is 0 Å². The number of nitrogens with zero attached hydrogens (tertiary/aromatic N) is 3. The van der Waals surface area contributed by atoms with Crippen LogP contribution in [0.2, 0.25) is 0 Å². The molecular formula is C11H13F3N4. The highest BCUT2D eigenvalue weighted by molar-refractivity contribution is 5.74. The van der Waals surface area contributed by atoms with E-state index in [1.165, 1.54) is 4.57 Å². The van der Waals surface area contributed by atoms with Gasteiger partial charge in [0.15, 0.2) is 5.65 Å². The number of pyridine rings is 1. The molecule has 0 aromatic carbocycles. The molecule has 0 amide bonds. The van der Waals surface area contributed by atoms with E-state index in [0.717, 1.165) is 5.56 Å². The standard InChI is InChI=1S/C11H13F3N4/c1-7-5-8-9(16-6-7)18(10(15)17-8)4-2-3-11(12,13)14/h5-6H,2-4H2,1H3,(H2,15,17). The van der Waals surface area contributed by atoms with Crippen LogP contribution in [0.4, 0.5) is 19.1 Å². The van der Waals surface area contributed by atoms with Crippen molar-refractivity contribution in [2.24, 2.45) is 0 Å². The summed E-state index contributed by atoms with van der Waals surface area (Å²) in [6, 6.07) is 1.80. The summed E-state index contributed by atoms with van der Waals surface area (Å²) in [6.07, 6.45) is -3.37. The number of hydrogen-bond donors (Lipinski definition) is 1. The number of halogens is 3. The number of aromatic nitrogens is 3. The molecule has 0 radical (unpaired) electrons. The second kappa shape index (κ2) is 4.47. The van der Waals surface area contributed by atoms with Crippen molar-refractivity contribution < 1.29 is 13.2 Å². The molecule has 0 aliphatic rings.